The molecule has 1 N–H and O–H groups in total. The van der Waals surface area contributed by atoms with Crippen LogP contribution in [0.3, 0.4) is 0 Å². The van der Waals surface area contributed by atoms with Crippen LogP contribution in [0.1, 0.15) is 58.3 Å². The molecule has 0 fully saturated rings. The normalized spacial score (nSPS) is 15.4. The predicted molar refractivity (Wildman–Crippen MR) is 59.5 cm³/mol. The van der Waals surface area contributed by atoms with E-state index in [-0.39, 0.29) is 12.5 Å². The summed E-state index contributed by atoms with van der Waals surface area (Å²) in [5.74, 6) is 0. The van der Waals surface area contributed by atoms with Crippen molar-refractivity contribution in [1.82, 2.24) is 0 Å². The fourth-order valence-electron chi connectivity index (χ4n) is 1.61. The molecule has 0 aromatic heterocycles. The average Bonchev–Trinajstić information content (AvgIpc) is 2.25. The summed E-state index contributed by atoms with van der Waals surface area (Å²) in [5, 5.41) is 9.48. The Hall–Kier alpha value is -0.250. The summed E-state index contributed by atoms with van der Waals surface area (Å²) in [4.78, 5) is 0. The maximum Gasteiger partial charge on any atom is 0.269 e. The zero-order valence-corrected chi connectivity index (χ0v) is 9.97. The minimum Gasteiger partial charge on any atom is -0.393 e. The average molecular weight is 240 g/mol. The third kappa shape index (κ3) is 9.01. The molecule has 0 amide bonds. The third-order valence-corrected chi connectivity index (χ3v) is 2.68. The molecule has 0 saturated carbocycles. The van der Waals surface area contributed by atoms with E-state index in [1.54, 1.807) is 0 Å². The second kappa shape index (κ2) is 9.94. The molecule has 98 valence electrons. The van der Waals surface area contributed by atoms with Crippen LogP contribution < -0.4 is 0 Å². The molecule has 0 saturated heterocycles. The molecular formula is C12H23F3O. The summed E-state index contributed by atoms with van der Waals surface area (Å²) < 4.78 is 36.1. The highest BCUT2D eigenvalue weighted by molar-refractivity contribution is 4.60. The quantitative estimate of drug-likeness (QED) is 0.570. The predicted octanol–water partition coefficient (Wildman–Crippen LogP) is 4.09. The second-order valence-electron chi connectivity index (χ2n) is 4.28. The van der Waals surface area contributed by atoms with Crippen molar-refractivity contribution in [2.75, 3.05) is 0 Å². The van der Waals surface area contributed by atoms with Gasteiger partial charge in [-0.25, -0.2) is 13.2 Å². The van der Waals surface area contributed by atoms with E-state index in [9.17, 15) is 18.3 Å². The van der Waals surface area contributed by atoms with Crippen LogP contribution in [-0.2, 0) is 0 Å². The number of unbranched alkanes of at least 4 members (excludes halogenated alkanes) is 3. The van der Waals surface area contributed by atoms with Crippen molar-refractivity contribution in [2.45, 2.75) is 77.0 Å². The monoisotopic (exact) mass is 240 g/mol. The van der Waals surface area contributed by atoms with E-state index < -0.39 is 12.6 Å². The number of aliphatic hydroxyl groups is 1. The van der Waals surface area contributed by atoms with E-state index >= 15 is 0 Å². The lowest BCUT2D eigenvalue weighted by atomic mass is 10.0. The van der Waals surface area contributed by atoms with Gasteiger partial charge in [0.1, 0.15) is 0 Å². The van der Waals surface area contributed by atoms with Gasteiger partial charge in [-0.1, -0.05) is 39.0 Å². The van der Waals surface area contributed by atoms with E-state index in [2.05, 4.69) is 6.92 Å². The molecule has 0 radical (unpaired) electrons. The zero-order valence-electron chi connectivity index (χ0n) is 9.97. The van der Waals surface area contributed by atoms with E-state index in [1.165, 1.54) is 0 Å². The summed E-state index contributed by atoms with van der Waals surface area (Å²) in [7, 11) is 0. The van der Waals surface area contributed by atoms with Gasteiger partial charge in [0.2, 0.25) is 0 Å². The van der Waals surface area contributed by atoms with Crippen molar-refractivity contribution in [3.8, 4) is 0 Å². The molecule has 0 aromatic rings. The van der Waals surface area contributed by atoms with Crippen LogP contribution >= 0.6 is 0 Å². The Balaban J connectivity index is 3.26. The van der Waals surface area contributed by atoms with E-state index in [1.807, 2.05) is 0 Å². The van der Waals surface area contributed by atoms with E-state index in [4.69, 9.17) is 0 Å². The van der Waals surface area contributed by atoms with Crippen LogP contribution in [0.2, 0.25) is 0 Å². The maximum absolute atomic E-state index is 12.5. The van der Waals surface area contributed by atoms with Gasteiger partial charge in [-0.15, -0.1) is 0 Å². The Morgan fingerprint density at radius 1 is 0.875 bits per heavy atom. The Bertz CT molecular complexity index is 153. The van der Waals surface area contributed by atoms with E-state index in [0.29, 0.717) is 12.8 Å². The van der Waals surface area contributed by atoms with Crippen LogP contribution in [0.25, 0.3) is 0 Å². The van der Waals surface area contributed by atoms with Crippen LogP contribution in [-0.4, -0.2) is 23.8 Å². The Kier molecular flexibility index (Phi) is 9.78. The second-order valence-corrected chi connectivity index (χ2v) is 4.28. The molecular weight excluding hydrogens is 217 g/mol. The highest BCUT2D eigenvalue weighted by Crippen LogP contribution is 2.15. The van der Waals surface area contributed by atoms with E-state index in [0.717, 1.165) is 32.1 Å². The number of alkyl halides is 3. The number of hydrogen-bond donors (Lipinski definition) is 1. The van der Waals surface area contributed by atoms with Gasteiger partial charge in [0.05, 0.1) is 6.10 Å². The molecule has 0 spiro atoms. The Morgan fingerprint density at radius 2 is 1.44 bits per heavy atom. The van der Waals surface area contributed by atoms with Gasteiger partial charge in [0.25, 0.3) is 6.43 Å². The Labute approximate surface area is 96.0 Å². The molecule has 0 rings (SSSR count). The smallest absolute Gasteiger partial charge is 0.269 e. The first-order chi connectivity index (χ1) is 7.57. The van der Waals surface area contributed by atoms with Gasteiger partial charge >= 0.3 is 0 Å². The minimum absolute atomic E-state index is 0.0667. The SMILES string of the molecule is CCCCC(O)CCCCCC(F)C(F)F. The molecule has 0 heterocycles. The molecule has 4 heteroatoms. The summed E-state index contributed by atoms with van der Waals surface area (Å²) >= 11 is 0. The molecule has 2 atom stereocenters. The first kappa shape index (κ1) is 15.8. The molecule has 0 aliphatic heterocycles. The first-order valence-electron chi connectivity index (χ1n) is 6.18. The van der Waals surface area contributed by atoms with Crippen molar-refractivity contribution >= 4 is 0 Å². The number of rotatable bonds is 10. The van der Waals surface area contributed by atoms with Gasteiger partial charge in [-0.3, -0.25) is 0 Å². The maximum atomic E-state index is 12.5. The topological polar surface area (TPSA) is 20.2 Å². The highest BCUT2D eigenvalue weighted by atomic mass is 19.3. The number of halogens is 3. The van der Waals surface area contributed by atoms with Crippen molar-refractivity contribution < 1.29 is 18.3 Å². The van der Waals surface area contributed by atoms with Crippen LogP contribution in [0, 0.1) is 0 Å². The lowest BCUT2D eigenvalue weighted by molar-refractivity contribution is 0.0438. The lowest BCUT2D eigenvalue weighted by Gasteiger charge is -2.10. The molecule has 1 nitrogen and oxygen atoms in total. The largest absolute Gasteiger partial charge is 0.393 e. The summed E-state index contributed by atoms with van der Waals surface area (Å²) in [5.41, 5.74) is 0. The molecule has 16 heavy (non-hydrogen) atoms. The summed E-state index contributed by atoms with van der Waals surface area (Å²) in [6.07, 6.45) is 0.390. The number of hydrogen-bond acceptors (Lipinski definition) is 1. The molecule has 0 aromatic carbocycles. The molecule has 0 bridgehead atoms. The minimum atomic E-state index is -2.85. The van der Waals surface area contributed by atoms with Crippen molar-refractivity contribution in [2.24, 2.45) is 0 Å². The van der Waals surface area contributed by atoms with Crippen LogP contribution in [0.4, 0.5) is 13.2 Å². The van der Waals surface area contributed by atoms with Gasteiger partial charge < -0.3 is 5.11 Å². The summed E-state index contributed by atoms with van der Waals surface area (Å²) in [6.45, 7) is 2.07. The van der Waals surface area contributed by atoms with Crippen LogP contribution in [0.15, 0.2) is 0 Å². The van der Waals surface area contributed by atoms with Crippen molar-refractivity contribution in [3.05, 3.63) is 0 Å². The third-order valence-electron chi connectivity index (χ3n) is 2.68. The van der Waals surface area contributed by atoms with Gasteiger partial charge in [0, 0.05) is 0 Å². The van der Waals surface area contributed by atoms with Gasteiger partial charge in [-0.05, 0) is 19.3 Å². The Morgan fingerprint density at radius 3 is 2.00 bits per heavy atom. The van der Waals surface area contributed by atoms with Gasteiger partial charge in [-0.2, -0.15) is 0 Å². The van der Waals surface area contributed by atoms with Crippen molar-refractivity contribution in [1.29, 1.82) is 0 Å². The fourth-order valence-corrected chi connectivity index (χ4v) is 1.61. The lowest BCUT2D eigenvalue weighted by Crippen LogP contribution is -2.11. The fraction of sp³-hybridized carbons (Fsp3) is 1.00. The zero-order chi connectivity index (χ0) is 12.4. The highest BCUT2D eigenvalue weighted by Gasteiger charge is 2.17. The number of aliphatic hydroxyl groups excluding tert-OH is 1. The first-order valence-corrected chi connectivity index (χ1v) is 6.18. The summed E-state index contributed by atoms with van der Waals surface area (Å²) in [6, 6.07) is 0. The molecule has 0 aliphatic rings. The van der Waals surface area contributed by atoms with Gasteiger partial charge in [0.15, 0.2) is 6.17 Å². The standard InChI is InChI=1S/C12H23F3O/c1-2-3-7-10(16)8-5-4-6-9-11(13)12(14)15/h10-12,16H,2-9H2,1H3. The van der Waals surface area contributed by atoms with Crippen LogP contribution in [0.5, 0.6) is 0 Å². The van der Waals surface area contributed by atoms with Crippen molar-refractivity contribution in [3.63, 3.8) is 0 Å². The molecule has 0 aliphatic carbocycles. The molecule has 2 unspecified atom stereocenters.